The van der Waals surface area contributed by atoms with E-state index in [-0.39, 0.29) is 11.5 Å². The van der Waals surface area contributed by atoms with Crippen molar-refractivity contribution < 1.29 is 22.8 Å². The normalized spacial score (nSPS) is 11.5. The van der Waals surface area contributed by atoms with Crippen LogP contribution in [-0.4, -0.2) is 40.8 Å². The van der Waals surface area contributed by atoms with E-state index in [4.69, 9.17) is 0 Å². The molecule has 1 heterocycles. The molecule has 0 aliphatic carbocycles. The summed E-state index contributed by atoms with van der Waals surface area (Å²) in [4.78, 5) is 33.8. The van der Waals surface area contributed by atoms with E-state index in [1.54, 1.807) is 26.2 Å². The van der Waals surface area contributed by atoms with Gasteiger partial charge in [0.05, 0.1) is 11.3 Å². The zero-order valence-electron chi connectivity index (χ0n) is 17.3. The van der Waals surface area contributed by atoms with Crippen molar-refractivity contribution in [3.05, 3.63) is 46.4 Å². The Kier molecular flexibility index (Phi) is 7.46. The first kappa shape index (κ1) is 23.7. The Hall–Kier alpha value is -2.62. The molecule has 162 valence electrons. The SMILES string of the molecule is CSc1nc(C(C)C)nc(C)c1C(=O)Nc1cc(C(=O)NCC(F)(F)F)ccc1C. The van der Waals surface area contributed by atoms with E-state index in [1.165, 1.54) is 23.9 Å². The second-order valence-electron chi connectivity index (χ2n) is 6.99. The number of benzene rings is 1. The highest BCUT2D eigenvalue weighted by Gasteiger charge is 2.28. The first-order valence-electron chi connectivity index (χ1n) is 9.12. The van der Waals surface area contributed by atoms with Gasteiger partial charge in [0.25, 0.3) is 11.8 Å². The summed E-state index contributed by atoms with van der Waals surface area (Å²) in [6.45, 7) is 5.91. The van der Waals surface area contributed by atoms with Gasteiger partial charge in [-0.2, -0.15) is 13.2 Å². The number of hydrogen-bond acceptors (Lipinski definition) is 5. The lowest BCUT2D eigenvalue weighted by molar-refractivity contribution is -0.123. The highest BCUT2D eigenvalue weighted by atomic mass is 32.2. The third kappa shape index (κ3) is 5.94. The second-order valence-corrected chi connectivity index (χ2v) is 7.78. The topological polar surface area (TPSA) is 84.0 Å². The minimum absolute atomic E-state index is 0.00775. The van der Waals surface area contributed by atoms with Crippen LogP contribution in [0.15, 0.2) is 23.2 Å². The second kappa shape index (κ2) is 9.46. The molecule has 0 unspecified atom stereocenters. The van der Waals surface area contributed by atoms with Gasteiger partial charge in [0.2, 0.25) is 0 Å². The maximum absolute atomic E-state index is 12.9. The molecular weight excluding hydrogens is 417 g/mol. The van der Waals surface area contributed by atoms with Gasteiger partial charge in [0.15, 0.2) is 0 Å². The number of halogens is 3. The molecule has 10 heteroatoms. The highest BCUT2D eigenvalue weighted by molar-refractivity contribution is 7.98. The lowest BCUT2D eigenvalue weighted by Gasteiger charge is -2.15. The third-order valence-corrected chi connectivity index (χ3v) is 4.89. The van der Waals surface area contributed by atoms with Gasteiger partial charge < -0.3 is 10.6 Å². The van der Waals surface area contributed by atoms with E-state index in [0.717, 1.165) is 0 Å². The molecule has 1 aromatic carbocycles. The van der Waals surface area contributed by atoms with Gasteiger partial charge in [-0.3, -0.25) is 9.59 Å². The smallest absolute Gasteiger partial charge is 0.343 e. The van der Waals surface area contributed by atoms with Gasteiger partial charge in [0.1, 0.15) is 17.4 Å². The predicted molar refractivity (Wildman–Crippen MR) is 110 cm³/mol. The summed E-state index contributed by atoms with van der Waals surface area (Å²) >= 11 is 1.32. The minimum atomic E-state index is -4.51. The summed E-state index contributed by atoms with van der Waals surface area (Å²) < 4.78 is 37.0. The van der Waals surface area contributed by atoms with Crippen LogP contribution < -0.4 is 10.6 Å². The number of amides is 2. The van der Waals surface area contributed by atoms with Gasteiger partial charge in [0, 0.05) is 17.2 Å². The molecule has 2 N–H and O–H groups in total. The molecule has 0 radical (unpaired) electrons. The van der Waals surface area contributed by atoms with Crippen LogP contribution in [0.3, 0.4) is 0 Å². The van der Waals surface area contributed by atoms with E-state index in [2.05, 4.69) is 15.3 Å². The number of thioether (sulfide) groups is 1. The molecule has 0 spiro atoms. The monoisotopic (exact) mass is 440 g/mol. The van der Waals surface area contributed by atoms with E-state index < -0.39 is 24.5 Å². The zero-order chi connectivity index (χ0) is 22.6. The molecule has 2 aromatic rings. The molecule has 2 amide bonds. The number of carbonyl (C=O) groups excluding carboxylic acids is 2. The first-order chi connectivity index (χ1) is 13.9. The van der Waals surface area contributed by atoms with Crippen LogP contribution in [-0.2, 0) is 0 Å². The molecule has 1 aromatic heterocycles. The van der Waals surface area contributed by atoms with Gasteiger partial charge in [-0.25, -0.2) is 9.97 Å². The molecule has 0 aliphatic rings. The van der Waals surface area contributed by atoms with Crippen molar-refractivity contribution in [3.63, 3.8) is 0 Å². The first-order valence-corrected chi connectivity index (χ1v) is 10.3. The molecule has 0 fully saturated rings. The van der Waals surface area contributed by atoms with Crippen molar-refractivity contribution in [2.45, 2.75) is 44.8 Å². The fourth-order valence-corrected chi connectivity index (χ4v) is 3.23. The van der Waals surface area contributed by atoms with Gasteiger partial charge in [-0.15, -0.1) is 11.8 Å². The summed E-state index contributed by atoms with van der Waals surface area (Å²) in [6.07, 6.45) is -2.70. The molecule has 0 bridgehead atoms. The molecular formula is C20H23F3N4O2S. The summed E-state index contributed by atoms with van der Waals surface area (Å²) in [5.74, 6) is -0.606. The number of rotatable bonds is 6. The summed E-state index contributed by atoms with van der Waals surface area (Å²) in [5.41, 5.74) is 1.82. The molecule has 0 aliphatic heterocycles. The van der Waals surface area contributed by atoms with Crippen molar-refractivity contribution in [1.82, 2.24) is 15.3 Å². The van der Waals surface area contributed by atoms with Crippen LogP contribution >= 0.6 is 11.8 Å². The number of alkyl halides is 3. The summed E-state index contributed by atoms with van der Waals surface area (Å²) in [5, 5.41) is 5.07. The molecule has 30 heavy (non-hydrogen) atoms. The molecule has 0 atom stereocenters. The van der Waals surface area contributed by atoms with Crippen LogP contribution in [0.4, 0.5) is 18.9 Å². The molecule has 0 saturated carbocycles. The lowest BCUT2D eigenvalue weighted by atomic mass is 10.1. The van der Waals surface area contributed by atoms with E-state index in [1.807, 2.05) is 19.2 Å². The minimum Gasteiger partial charge on any atom is -0.343 e. The highest BCUT2D eigenvalue weighted by Crippen LogP contribution is 2.25. The van der Waals surface area contributed by atoms with E-state index >= 15 is 0 Å². The fourth-order valence-electron chi connectivity index (χ4n) is 2.60. The average Bonchev–Trinajstić information content (AvgIpc) is 2.66. The van der Waals surface area contributed by atoms with Crippen LogP contribution in [0, 0.1) is 13.8 Å². The Morgan fingerprint density at radius 2 is 1.80 bits per heavy atom. The standard InChI is InChI=1S/C20H23F3N4O2S/c1-10(2)16-25-12(4)15(19(27-16)30-5)18(29)26-14-8-13(7-6-11(14)3)17(28)24-9-20(21,22)23/h6-8,10H,9H2,1-5H3,(H,24,28)(H,26,29). The largest absolute Gasteiger partial charge is 0.405 e. The summed E-state index contributed by atoms with van der Waals surface area (Å²) in [6, 6.07) is 4.30. The van der Waals surface area contributed by atoms with E-state index in [9.17, 15) is 22.8 Å². The Balaban J connectivity index is 2.30. The Labute approximate surface area is 177 Å². The number of aryl methyl sites for hydroxylation is 2. The van der Waals surface area contributed by atoms with Crippen molar-refractivity contribution in [3.8, 4) is 0 Å². The van der Waals surface area contributed by atoms with Gasteiger partial charge >= 0.3 is 6.18 Å². The van der Waals surface area contributed by atoms with Crippen LogP contribution in [0.1, 0.15) is 57.6 Å². The third-order valence-electron chi connectivity index (χ3n) is 4.21. The Morgan fingerprint density at radius 3 is 2.37 bits per heavy atom. The van der Waals surface area contributed by atoms with Gasteiger partial charge in [-0.05, 0) is 37.8 Å². The Morgan fingerprint density at radius 1 is 1.13 bits per heavy atom. The average molecular weight is 440 g/mol. The maximum Gasteiger partial charge on any atom is 0.405 e. The summed E-state index contributed by atoms with van der Waals surface area (Å²) in [7, 11) is 0. The maximum atomic E-state index is 12.9. The molecule has 0 saturated heterocycles. The molecule has 2 rings (SSSR count). The predicted octanol–water partition coefficient (Wildman–Crippen LogP) is 4.48. The number of carbonyl (C=O) groups is 2. The van der Waals surface area contributed by atoms with Crippen molar-refractivity contribution in [1.29, 1.82) is 0 Å². The van der Waals surface area contributed by atoms with Crippen LogP contribution in [0.5, 0.6) is 0 Å². The Bertz CT molecular complexity index is 962. The number of aromatic nitrogens is 2. The van der Waals surface area contributed by atoms with Crippen LogP contribution in [0.25, 0.3) is 0 Å². The van der Waals surface area contributed by atoms with Gasteiger partial charge in [-0.1, -0.05) is 19.9 Å². The number of nitrogens with one attached hydrogen (secondary N) is 2. The molecule has 6 nitrogen and oxygen atoms in total. The number of hydrogen-bond donors (Lipinski definition) is 2. The zero-order valence-corrected chi connectivity index (χ0v) is 18.1. The fraction of sp³-hybridized carbons (Fsp3) is 0.400. The van der Waals surface area contributed by atoms with Crippen LogP contribution in [0.2, 0.25) is 0 Å². The number of anilines is 1. The van der Waals surface area contributed by atoms with Crippen molar-refractivity contribution >= 4 is 29.3 Å². The van der Waals surface area contributed by atoms with E-state index in [0.29, 0.717) is 33.4 Å². The quantitative estimate of drug-likeness (QED) is 0.511. The number of nitrogens with zero attached hydrogens (tertiary/aromatic N) is 2. The van der Waals surface area contributed by atoms with Crippen molar-refractivity contribution in [2.75, 3.05) is 18.1 Å². The lowest BCUT2D eigenvalue weighted by Crippen LogP contribution is -2.33. The van der Waals surface area contributed by atoms with Crippen molar-refractivity contribution in [2.24, 2.45) is 0 Å².